The van der Waals surface area contributed by atoms with Crippen LogP contribution in [-0.4, -0.2) is 26.1 Å². The lowest BCUT2D eigenvalue weighted by molar-refractivity contribution is -0.115. The third-order valence-corrected chi connectivity index (χ3v) is 5.58. The number of nitrogens with zero attached hydrogens (tertiary/aromatic N) is 1. The number of sulfonamides is 1. The first kappa shape index (κ1) is 16.8. The van der Waals surface area contributed by atoms with Gasteiger partial charge >= 0.3 is 0 Å². The molecule has 8 nitrogen and oxygen atoms in total. The molecule has 2 aromatic carbocycles. The summed E-state index contributed by atoms with van der Waals surface area (Å²) < 4.78 is 34.0. The second-order valence-corrected chi connectivity index (χ2v) is 8.20. The van der Waals surface area contributed by atoms with E-state index in [-0.39, 0.29) is 24.0 Å². The average molecular weight is 391 g/mol. The number of aromatic nitrogens is 1. The third-order valence-electron chi connectivity index (χ3n) is 3.74. The highest BCUT2D eigenvalue weighted by molar-refractivity contribution is 7.89. The fourth-order valence-corrected chi connectivity index (χ4v) is 4.07. The molecule has 26 heavy (non-hydrogen) atoms. The minimum atomic E-state index is -3.78. The molecule has 0 atom stereocenters. The van der Waals surface area contributed by atoms with E-state index in [1.54, 1.807) is 24.3 Å². The highest BCUT2D eigenvalue weighted by Crippen LogP contribution is 2.33. The van der Waals surface area contributed by atoms with Crippen LogP contribution < -0.4 is 19.9 Å². The standard InChI is InChI=1S/C16H13N3O5S2/c17-26(21,22)10-2-3-11-14(7-10)25-16(18-11)19-15(20)6-9-1-4-12-13(5-9)24-8-23-12/h1-5,7H,6,8H2,(H2,17,21,22)(H,18,19,20). The molecule has 1 aromatic heterocycles. The molecule has 3 aromatic rings. The lowest BCUT2D eigenvalue weighted by atomic mass is 10.1. The normalized spacial score (nSPS) is 13.1. The van der Waals surface area contributed by atoms with E-state index >= 15 is 0 Å². The molecule has 0 saturated carbocycles. The molecule has 1 amide bonds. The van der Waals surface area contributed by atoms with Gasteiger partial charge in [0.2, 0.25) is 22.7 Å². The number of amides is 1. The van der Waals surface area contributed by atoms with Gasteiger partial charge in [-0.05, 0) is 35.9 Å². The summed E-state index contributed by atoms with van der Waals surface area (Å²) in [4.78, 5) is 16.5. The van der Waals surface area contributed by atoms with Crippen molar-refractivity contribution < 1.29 is 22.7 Å². The maximum atomic E-state index is 12.3. The van der Waals surface area contributed by atoms with Crippen LogP contribution in [0.4, 0.5) is 5.13 Å². The first-order valence-corrected chi connectivity index (χ1v) is 9.86. The number of hydrogen-bond donors (Lipinski definition) is 2. The summed E-state index contributed by atoms with van der Waals surface area (Å²) in [6, 6.07) is 9.70. The second-order valence-electron chi connectivity index (χ2n) is 5.61. The van der Waals surface area contributed by atoms with Gasteiger partial charge in [-0.2, -0.15) is 0 Å². The Bertz CT molecular complexity index is 1120. The van der Waals surface area contributed by atoms with Gasteiger partial charge in [-0.1, -0.05) is 17.4 Å². The number of thiazole rings is 1. The molecular weight excluding hydrogens is 378 g/mol. The SMILES string of the molecule is NS(=O)(=O)c1ccc2nc(NC(=O)Cc3ccc4c(c3)OCO4)sc2c1. The summed E-state index contributed by atoms with van der Waals surface area (Å²) in [6.45, 7) is 0.178. The molecule has 1 aliphatic rings. The van der Waals surface area contributed by atoms with E-state index in [1.807, 2.05) is 0 Å². The van der Waals surface area contributed by atoms with Crippen molar-refractivity contribution in [3.63, 3.8) is 0 Å². The van der Waals surface area contributed by atoms with Crippen molar-refractivity contribution in [1.82, 2.24) is 4.98 Å². The summed E-state index contributed by atoms with van der Waals surface area (Å²) >= 11 is 1.18. The zero-order valence-corrected chi connectivity index (χ0v) is 14.9. The van der Waals surface area contributed by atoms with Gasteiger partial charge < -0.3 is 14.8 Å². The van der Waals surface area contributed by atoms with Gasteiger partial charge in [0.1, 0.15) is 0 Å². The van der Waals surface area contributed by atoms with Crippen molar-refractivity contribution in [3.8, 4) is 11.5 Å². The van der Waals surface area contributed by atoms with Crippen LogP contribution in [-0.2, 0) is 21.2 Å². The van der Waals surface area contributed by atoms with Crippen LogP contribution >= 0.6 is 11.3 Å². The minimum Gasteiger partial charge on any atom is -0.454 e. The number of ether oxygens (including phenoxy) is 2. The fraction of sp³-hybridized carbons (Fsp3) is 0.125. The highest BCUT2D eigenvalue weighted by atomic mass is 32.2. The highest BCUT2D eigenvalue weighted by Gasteiger charge is 2.16. The van der Waals surface area contributed by atoms with Crippen LogP contribution in [0.25, 0.3) is 10.2 Å². The third kappa shape index (κ3) is 3.34. The molecule has 0 bridgehead atoms. The van der Waals surface area contributed by atoms with Crippen LogP contribution in [0.5, 0.6) is 11.5 Å². The van der Waals surface area contributed by atoms with Crippen molar-refractivity contribution in [1.29, 1.82) is 0 Å². The van der Waals surface area contributed by atoms with Crippen molar-refractivity contribution in [2.24, 2.45) is 5.14 Å². The summed E-state index contributed by atoms with van der Waals surface area (Å²) in [5.74, 6) is 1.03. The van der Waals surface area contributed by atoms with Gasteiger partial charge in [-0.25, -0.2) is 18.5 Å². The van der Waals surface area contributed by atoms with E-state index in [1.165, 1.54) is 23.5 Å². The lowest BCUT2D eigenvalue weighted by Gasteiger charge is -2.03. The fourth-order valence-electron chi connectivity index (χ4n) is 2.54. The Morgan fingerprint density at radius 3 is 2.81 bits per heavy atom. The van der Waals surface area contributed by atoms with Crippen molar-refractivity contribution in [2.75, 3.05) is 12.1 Å². The van der Waals surface area contributed by atoms with E-state index in [2.05, 4.69) is 10.3 Å². The topological polar surface area (TPSA) is 121 Å². The average Bonchev–Trinajstić information content (AvgIpc) is 3.18. The molecule has 3 N–H and O–H groups in total. The quantitative estimate of drug-likeness (QED) is 0.700. The van der Waals surface area contributed by atoms with Crippen molar-refractivity contribution >= 4 is 42.6 Å². The van der Waals surface area contributed by atoms with Crippen LogP contribution in [0.2, 0.25) is 0 Å². The number of carbonyl (C=O) groups is 1. The predicted octanol–water partition coefficient (Wildman–Crippen LogP) is 1.85. The molecule has 0 radical (unpaired) electrons. The maximum Gasteiger partial charge on any atom is 0.238 e. The first-order chi connectivity index (χ1) is 12.4. The number of carbonyl (C=O) groups excluding carboxylic acids is 1. The van der Waals surface area contributed by atoms with Crippen LogP contribution in [0.1, 0.15) is 5.56 Å². The van der Waals surface area contributed by atoms with Crippen molar-refractivity contribution in [2.45, 2.75) is 11.3 Å². The number of anilines is 1. The van der Waals surface area contributed by atoms with Gasteiger partial charge in [-0.3, -0.25) is 4.79 Å². The molecule has 0 fully saturated rings. The second kappa shape index (κ2) is 6.24. The molecule has 0 spiro atoms. The molecule has 0 aliphatic carbocycles. The van der Waals surface area contributed by atoms with Crippen LogP contribution in [0.3, 0.4) is 0 Å². The zero-order valence-electron chi connectivity index (χ0n) is 13.3. The number of fused-ring (bicyclic) bond motifs is 2. The summed E-state index contributed by atoms with van der Waals surface area (Å²) in [7, 11) is -3.78. The molecular formula is C16H13N3O5S2. The van der Waals surface area contributed by atoms with Crippen LogP contribution in [0, 0.1) is 0 Å². The number of hydrogen-bond acceptors (Lipinski definition) is 7. The lowest BCUT2D eigenvalue weighted by Crippen LogP contribution is -2.14. The first-order valence-electron chi connectivity index (χ1n) is 7.50. The maximum absolute atomic E-state index is 12.3. The molecule has 1 aliphatic heterocycles. The largest absolute Gasteiger partial charge is 0.454 e. The number of nitrogens with one attached hydrogen (secondary N) is 1. The summed E-state index contributed by atoms with van der Waals surface area (Å²) in [5.41, 5.74) is 1.37. The van der Waals surface area contributed by atoms with E-state index in [0.29, 0.717) is 26.8 Å². The van der Waals surface area contributed by atoms with Crippen molar-refractivity contribution in [3.05, 3.63) is 42.0 Å². The molecule has 0 saturated heterocycles. The van der Waals surface area contributed by atoms with Gasteiger partial charge in [0.25, 0.3) is 0 Å². The van der Waals surface area contributed by atoms with Gasteiger partial charge in [0, 0.05) is 0 Å². The number of primary sulfonamides is 1. The monoisotopic (exact) mass is 391 g/mol. The molecule has 10 heteroatoms. The Morgan fingerprint density at radius 1 is 1.19 bits per heavy atom. The Labute approximate surface area is 152 Å². The van der Waals surface area contributed by atoms with Gasteiger partial charge in [-0.15, -0.1) is 0 Å². The zero-order chi connectivity index (χ0) is 18.3. The number of rotatable bonds is 4. The molecule has 2 heterocycles. The van der Waals surface area contributed by atoms with Gasteiger partial charge in [0.05, 0.1) is 21.5 Å². The smallest absolute Gasteiger partial charge is 0.238 e. The Balaban J connectivity index is 1.50. The summed E-state index contributed by atoms with van der Waals surface area (Å²) in [6.07, 6.45) is 0.148. The van der Waals surface area contributed by atoms with E-state index in [4.69, 9.17) is 14.6 Å². The van der Waals surface area contributed by atoms with E-state index in [0.717, 1.165) is 5.56 Å². The Hall–Kier alpha value is -2.69. The molecule has 0 unspecified atom stereocenters. The van der Waals surface area contributed by atoms with Gasteiger partial charge in [0.15, 0.2) is 16.6 Å². The predicted molar refractivity (Wildman–Crippen MR) is 95.9 cm³/mol. The summed E-state index contributed by atoms with van der Waals surface area (Å²) in [5, 5.41) is 8.24. The molecule has 134 valence electrons. The molecule has 4 rings (SSSR count). The Kier molecular flexibility index (Phi) is 4.02. The number of nitrogens with two attached hydrogens (primary N) is 1. The van der Waals surface area contributed by atoms with E-state index < -0.39 is 10.0 Å². The van der Waals surface area contributed by atoms with E-state index in [9.17, 15) is 13.2 Å². The van der Waals surface area contributed by atoms with Crippen LogP contribution in [0.15, 0.2) is 41.3 Å². The minimum absolute atomic E-state index is 0.00638. The number of benzene rings is 2. The Morgan fingerprint density at radius 2 is 2.00 bits per heavy atom.